The zero-order chi connectivity index (χ0) is 51.0. The van der Waals surface area contributed by atoms with E-state index >= 15 is 0 Å². The summed E-state index contributed by atoms with van der Waals surface area (Å²) in [5, 5.41) is 0. The van der Waals surface area contributed by atoms with E-state index in [9.17, 15) is 0 Å². The number of nitrogens with zero attached hydrogens (tertiary/aromatic N) is 2. The van der Waals surface area contributed by atoms with E-state index in [0.29, 0.717) is 0 Å². The van der Waals surface area contributed by atoms with Crippen molar-refractivity contribution in [3.8, 4) is 11.1 Å². The van der Waals surface area contributed by atoms with Crippen molar-refractivity contribution in [3.63, 3.8) is 0 Å². The molecule has 0 fully saturated rings. The molecule has 0 spiro atoms. The van der Waals surface area contributed by atoms with Gasteiger partial charge in [0.2, 0.25) is 0 Å². The first-order valence-electron chi connectivity index (χ1n) is 27.4. The van der Waals surface area contributed by atoms with Crippen LogP contribution in [0.25, 0.3) is 11.1 Å². The molecule has 2 heterocycles. The Bertz CT molecular complexity index is 3180. The number of anilines is 6. The average molecular weight is 939 g/mol. The second kappa shape index (κ2) is 15.3. The predicted molar refractivity (Wildman–Crippen MR) is 309 cm³/mol. The van der Waals surface area contributed by atoms with Crippen LogP contribution in [0.3, 0.4) is 0 Å². The highest BCUT2D eigenvalue weighted by molar-refractivity contribution is 7.00. The van der Waals surface area contributed by atoms with Crippen LogP contribution in [0.4, 0.5) is 34.1 Å². The summed E-state index contributed by atoms with van der Waals surface area (Å²) in [6, 6.07) is 42.4. The molecule has 0 N–H and O–H groups in total. The Hall–Kier alpha value is -5.02. The number of hydrogen-bond donors (Lipinski definition) is 0. The fourth-order valence-electron chi connectivity index (χ4n) is 13.8. The first-order chi connectivity index (χ1) is 32.9. The maximum absolute atomic E-state index is 2.76. The summed E-state index contributed by atoms with van der Waals surface area (Å²) >= 11 is 0. The lowest BCUT2D eigenvalue weighted by Gasteiger charge is -2.49. The van der Waals surface area contributed by atoms with Gasteiger partial charge in [0.15, 0.2) is 0 Å². The largest absolute Gasteiger partial charge is 0.311 e. The minimum atomic E-state index is -0.122. The van der Waals surface area contributed by atoms with E-state index < -0.39 is 0 Å². The van der Waals surface area contributed by atoms with E-state index in [4.69, 9.17) is 0 Å². The van der Waals surface area contributed by atoms with Gasteiger partial charge < -0.3 is 9.80 Å². The van der Waals surface area contributed by atoms with Crippen molar-refractivity contribution in [1.82, 2.24) is 0 Å². The molecule has 3 heteroatoms. The summed E-state index contributed by atoms with van der Waals surface area (Å²) in [6.07, 6.45) is 7.09. The second-order valence-electron chi connectivity index (χ2n) is 29.1. The lowest BCUT2D eigenvalue weighted by atomic mass is 9.32. The second-order valence-corrected chi connectivity index (χ2v) is 29.1. The summed E-state index contributed by atoms with van der Waals surface area (Å²) in [4.78, 5) is 5.50. The normalized spacial score (nSPS) is 20.5. The summed E-state index contributed by atoms with van der Waals surface area (Å²) in [6.45, 7) is 44.3. The third-order valence-electron chi connectivity index (χ3n) is 19.2. The third-order valence-corrected chi connectivity index (χ3v) is 19.2. The fraction of sp³-hybridized carbons (Fsp3) is 0.471. The minimum absolute atomic E-state index is 0.0166. The van der Waals surface area contributed by atoms with Gasteiger partial charge in [-0.25, -0.2) is 0 Å². The van der Waals surface area contributed by atoms with Gasteiger partial charge in [-0.1, -0.05) is 179 Å². The first-order valence-corrected chi connectivity index (χ1v) is 27.4. The van der Waals surface area contributed by atoms with Crippen LogP contribution in [-0.4, -0.2) is 6.71 Å². The van der Waals surface area contributed by atoms with Gasteiger partial charge in [0.1, 0.15) is 0 Å². The molecule has 0 atom stereocenters. The molecule has 6 aromatic carbocycles. The quantitative estimate of drug-likeness (QED) is 0.163. The number of hydrogen-bond acceptors (Lipinski definition) is 2. The van der Waals surface area contributed by atoms with Crippen LogP contribution in [-0.2, 0) is 43.3 Å². The molecule has 71 heavy (non-hydrogen) atoms. The number of benzene rings is 6. The Morgan fingerprint density at radius 1 is 0.366 bits per heavy atom. The van der Waals surface area contributed by atoms with Crippen molar-refractivity contribution >= 4 is 57.2 Å². The lowest BCUT2D eigenvalue weighted by Crippen LogP contribution is -2.62. The monoisotopic (exact) mass is 939 g/mol. The lowest BCUT2D eigenvalue weighted by molar-refractivity contribution is 0.332. The van der Waals surface area contributed by atoms with Gasteiger partial charge in [-0.15, -0.1) is 0 Å². The van der Waals surface area contributed by atoms with Crippen molar-refractivity contribution in [2.24, 2.45) is 0 Å². The summed E-state index contributed by atoms with van der Waals surface area (Å²) in [7, 11) is 0. The molecule has 0 radical (unpaired) electrons. The van der Waals surface area contributed by atoms with Gasteiger partial charge in [0.05, 0.1) is 5.69 Å². The molecule has 0 amide bonds. The zero-order valence-electron chi connectivity index (χ0n) is 47.0. The molecule has 368 valence electrons. The van der Waals surface area contributed by atoms with Crippen LogP contribution in [0.1, 0.15) is 208 Å². The molecule has 0 saturated carbocycles. The van der Waals surface area contributed by atoms with E-state index in [1.165, 1.54) is 145 Å². The first kappa shape index (κ1) is 48.3. The Morgan fingerprint density at radius 2 is 0.789 bits per heavy atom. The van der Waals surface area contributed by atoms with Gasteiger partial charge in [0.25, 0.3) is 6.71 Å². The fourth-order valence-corrected chi connectivity index (χ4v) is 13.8. The van der Waals surface area contributed by atoms with Crippen molar-refractivity contribution in [2.75, 3.05) is 9.80 Å². The molecular formula is C68H83BN2. The smallest absolute Gasteiger partial charge is 0.252 e. The van der Waals surface area contributed by atoms with Gasteiger partial charge in [-0.3, -0.25) is 0 Å². The average Bonchev–Trinajstić information content (AvgIpc) is 3.29. The maximum atomic E-state index is 2.76. The highest BCUT2D eigenvalue weighted by atomic mass is 15.2. The van der Waals surface area contributed by atoms with Crippen LogP contribution < -0.4 is 26.2 Å². The van der Waals surface area contributed by atoms with Gasteiger partial charge in [0, 0.05) is 34.0 Å². The van der Waals surface area contributed by atoms with E-state index in [1.807, 2.05) is 0 Å². The van der Waals surface area contributed by atoms with Crippen molar-refractivity contribution in [2.45, 2.75) is 206 Å². The van der Waals surface area contributed by atoms with Gasteiger partial charge in [-0.2, -0.15) is 0 Å². The van der Waals surface area contributed by atoms with Gasteiger partial charge >= 0.3 is 0 Å². The zero-order valence-corrected chi connectivity index (χ0v) is 47.0. The molecule has 6 aromatic rings. The molecule has 11 rings (SSSR count). The topological polar surface area (TPSA) is 6.48 Å². The Kier molecular flexibility index (Phi) is 10.4. The molecule has 3 aliphatic carbocycles. The summed E-state index contributed by atoms with van der Waals surface area (Å²) in [5.74, 6) is 0. The molecule has 0 saturated heterocycles. The molecule has 2 nitrogen and oxygen atoms in total. The maximum Gasteiger partial charge on any atom is 0.252 e. The molecular weight excluding hydrogens is 856 g/mol. The highest BCUT2D eigenvalue weighted by Crippen LogP contribution is 2.55. The number of rotatable bonds is 3. The van der Waals surface area contributed by atoms with E-state index in [2.05, 4.69) is 238 Å². The van der Waals surface area contributed by atoms with E-state index in [-0.39, 0.29) is 50.0 Å². The molecule has 5 aliphatic rings. The molecule has 0 unspecified atom stereocenters. The predicted octanol–water partition coefficient (Wildman–Crippen LogP) is 17.1. The van der Waals surface area contributed by atoms with Crippen LogP contribution >= 0.6 is 0 Å². The number of fused-ring (bicyclic) bond motifs is 7. The SMILES string of the molecule is CC(C)(C)c1ccc(N2c3cc4c(cc3B3c5cc6c(cc5N(c5ccc7c(c5)C(C)(C)CCC7(C)C)c5cc(C(C)(C)C)cc2c53)C(C)(C)CCC6(C)C)C(C)(C)CCC4(C)C)c(-c2ccccc2)c1. The van der Waals surface area contributed by atoms with Gasteiger partial charge in [-0.05, 0) is 197 Å². The molecule has 0 aromatic heterocycles. The van der Waals surface area contributed by atoms with Crippen LogP contribution in [0.5, 0.6) is 0 Å². The van der Waals surface area contributed by atoms with Crippen LogP contribution in [0.15, 0.2) is 103 Å². The van der Waals surface area contributed by atoms with Crippen LogP contribution in [0, 0.1) is 0 Å². The molecule has 2 aliphatic heterocycles. The third kappa shape index (κ3) is 7.45. The minimum Gasteiger partial charge on any atom is -0.311 e. The van der Waals surface area contributed by atoms with Crippen LogP contribution in [0.2, 0.25) is 0 Å². The standard InChI is InChI=1S/C68H83BN2/c1-61(2,3)43-24-27-55(46(34-43)42-22-20-19-21-23-42)71-57-41-52-50(66(13,14)31-33-68(52,17)18)39-54(57)69-53-38-49-51(67(15,16)32-30-65(49,11)12)40-56(53)70(58-35-44(62(4,5)6)36-59(71)60(58)69)45-25-26-47-48(37-45)64(9,10)29-28-63(47,7)8/h19-27,34-41H,28-33H2,1-18H3. The Balaban J connectivity index is 1.32. The van der Waals surface area contributed by atoms with Crippen molar-refractivity contribution < 1.29 is 0 Å². The highest BCUT2D eigenvalue weighted by Gasteiger charge is 2.50. The summed E-state index contributed by atoms with van der Waals surface area (Å²) < 4.78 is 0. The van der Waals surface area contributed by atoms with E-state index in [1.54, 1.807) is 0 Å². The summed E-state index contributed by atoms with van der Waals surface area (Å²) in [5.41, 5.74) is 26.7. The van der Waals surface area contributed by atoms with Crippen molar-refractivity contribution in [3.05, 3.63) is 148 Å². The van der Waals surface area contributed by atoms with Crippen molar-refractivity contribution in [1.29, 1.82) is 0 Å². The Labute approximate surface area is 430 Å². The molecule has 0 bridgehead atoms. The Morgan fingerprint density at radius 3 is 1.27 bits per heavy atom. The van der Waals surface area contributed by atoms with E-state index in [0.717, 1.165) is 0 Å².